The van der Waals surface area contributed by atoms with E-state index in [4.69, 9.17) is 9.05 Å². The zero-order valence-corrected chi connectivity index (χ0v) is 16.2. The Kier molecular flexibility index (Phi) is 11.8. The van der Waals surface area contributed by atoms with Crippen LogP contribution in [0, 0.1) is 0 Å². The predicted octanol–water partition coefficient (Wildman–Crippen LogP) is 6.70. The van der Waals surface area contributed by atoms with Gasteiger partial charge < -0.3 is 9.05 Å². The van der Waals surface area contributed by atoms with Gasteiger partial charge in [-0.2, -0.15) is 0 Å². The molecule has 1 rings (SSSR count). The third-order valence-corrected chi connectivity index (χ3v) is 5.71. The molecule has 0 aliphatic heterocycles. The molecule has 0 N–H and O–H groups in total. The van der Waals surface area contributed by atoms with Crippen LogP contribution in [0.25, 0.3) is 6.08 Å². The Labute approximate surface area is 148 Å². The average Bonchev–Trinajstić information content (AvgIpc) is 2.61. The molecule has 1 aromatic rings. The lowest BCUT2D eigenvalue weighted by atomic mass is 10.2. The van der Waals surface area contributed by atoms with E-state index in [-0.39, 0.29) is 0 Å². The summed E-state index contributed by atoms with van der Waals surface area (Å²) in [6.07, 6.45) is 11.6. The van der Waals surface area contributed by atoms with Crippen LogP contribution in [0.5, 0.6) is 0 Å². The molecule has 3 nitrogen and oxygen atoms in total. The molecule has 0 spiro atoms. The maximum atomic E-state index is 12.9. The molecule has 0 unspecified atom stereocenters. The van der Waals surface area contributed by atoms with Crippen LogP contribution in [0.3, 0.4) is 0 Å². The summed E-state index contributed by atoms with van der Waals surface area (Å²) >= 11 is 0. The first-order valence-corrected chi connectivity index (χ1v) is 11.0. The maximum absolute atomic E-state index is 12.9. The third-order valence-electron chi connectivity index (χ3n) is 3.75. The Hall–Kier alpha value is -0.890. The van der Waals surface area contributed by atoms with Crippen molar-refractivity contribution in [1.29, 1.82) is 0 Å². The molecule has 0 aromatic heterocycles. The van der Waals surface area contributed by atoms with Gasteiger partial charge in [-0.15, -0.1) is 0 Å². The number of benzene rings is 1. The molecule has 0 saturated heterocycles. The molecular formula is C20H33O3P. The average molecular weight is 352 g/mol. The minimum atomic E-state index is -2.97. The van der Waals surface area contributed by atoms with Crippen LogP contribution in [0.1, 0.15) is 64.4 Å². The van der Waals surface area contributed by atoms with Gasteiger partial charge in [0.2, 0.25) is 0 Å². The molecule has 0 aliphatic rings. The lowest BCUT2D eigenvalue weighted by Crippen LogP contribution is -2.03. The molecule has 0 amide bonds. The van der Waals surface area contributed by atoms with E-state index < -0.39 is 7.60 Å². The SMILES string of the molecule is CCCCCOP(=O)(CCC=Cc1ccccc1)OCCCCC. The molecule has 0 aliphatic carbocycles. The van der Waals surface area contributed by atoms with Gasteiger partial charge in [-0.3, -0.25) is 4.57 Å². The van der Waals surface area contributed by atoms with Crippen LogP contribution in [0.15, 0.2) is 36.4 Å². The lowest BCUT2D eigenvalue weighted by molar-refractivity contribution is 0.198. The summed E-state index contributed by atoms with van der Waals surface area (Å²) in [5, 5.41) is 0. The Morgan fingerprint density at radius 1 is 0.917 bits per heavy atom. The second-order valence-electron chi connectivity index (χ2n) is 6.02. The predicted molar refractivity (Wildman–Crippen MR) is 104 cm³/mol. The minimum Gasteiger partial charge on any atom is -0.309 e. The van der Waals surface area contributed by atoms with Crippen molar-refractivity contribution < 1.29 is 13.6 Å². The third kappa shape index (κ3) is 10.1. The van der Waals surface area contributed by atoms with Gasteiger partial charge in [0.15, 0.2) is 0 Å². The highest BCUT2D eigenvalue weighted by Crippen LogP contribution is 2.49. The monoisotopic (exact) mass is 352 g/mol. The van der Waals surface area contributed by atoms with E-state index in [0.717, 1.165) is 44.1 Å². The molecule has 0 saturated carbocycles. The van der Waals surface area contributed by atoms with Gasteiger partial charge in [0.05, 0.1) is 19.4 Å². The van der Waals surface area contributed by atoms with E-state index in [2.05, 4.69) is 32.1 Å². The first kappa shape index (κ1) is 21.2. The van der Waals surface area contributed by atoms with Crippen LogP contribution < -0.4 is 0 Å². The molecule has 4 heteroatoms. The van der Waals surface area contributed by atoms with Crippen LogP contribution in [0.4, 0.5) is 0 Å². The van der Waals surface area contributed by atoms with E-state index in [1.807, 2.05) is 24.3 Å². The number of allylic oxidation sites excluding steroid dienone is 1. The second kappa shape index (κ2) is 13.4. The van der Waals surface area contributed by atoms with Gasteiger partial charge in [0, 0.05) is 0 Å². The minimum absolute atomic E-state index is 0.453. The Bertz CT molecular complexity index is 469. The van der Waals surface area contributed by atoms with Crippen LogP contribution in [0.2, 0.25) is 0 Å². The zero-order chi connectivity index (χ0) is 17.5. The summed E-state index contributed by atoms with van der Waals surface area (Å²) in [6, 6.07) is 10.1. The summed E-state index contributed by atoms with van der Waals surface area (Å²) in [5.74, 6) is 0. The van der Waals surface area contributed by atoms with E-state index >= 15 is 0 Å². The van der Waals surface area contributed by atoms with Gasteiger partial charge >= 0.3 is 7.60 Å². The van der Waals surface area contributed by atoms with Crippen molar-refractivity contribution in [2.45, 2.75) is 58.8 Å². The van der Waals surface area contributed by atoms with E-state index in [1.165, 1.54) is 0 Å². The quantitative estimate of drug-likeness (QED) is 0.276. The molecule has 0 radical (unpaired) electrons. The number of hydrogen-bond donors (Lipinski definition) is 0. The fourth-order valence-electron chi connectivity index (χ4n) is 2.29. The largest absolute Gasteiger partial charge is 0.330 e. The Morgan fingerprint density at radius 2 is 1.50 bits per heavy atom. The van der Waals surface area contributed by atoms with E-state index in [0.29, 0.717) is 25.8 Å². The van der Waals surface area contributed by atoms with Crippen LogP contribution in [-0.2, 0) is 13.6 Å². The topological polar surface area (TPSA) is 35.5 Å². The first-order valence-electron chi connectivity index (χ1n) is 9.30. The summed E-state index contributed by atoms with van der Waals surface area (Å²) in [6.45, 7) is 5.35. The van der Waals surface area contributed by atoms with Gasteiger partial charge in [-0.25, -0.2) is 0 Å². The maximum Gasteiger partial charge on any atom is 0.330 e. The van der Waals surface area contributed by atoms with Gasteiger partial charge in [0.1, 0.15) is 0 Å². The van der Waals surface area contributed by atoms with Gasteiger partial charge in [0.25, 0.3) is 0 Å². The molecule has 1 aromatic carbocycles. The number of rotatable bonds is 14. The van der Waals surface area contributed by atoms with Gasteiger partial charge in [-0.05, 0) is 24.8 Å². The number of unbranched alkanes of at least 4 members (excludes halogenated alkanes) is 4. The highest BCUT2D eigenvalue weighted by molar-refractivity contribution is 7.53. The van der Waals surface area contributed by atoms with Crippen molar-refractivity contribution in [3.63, 3.8) is 0 Å². The van der Waals surface area contributed by atoms with Gasteiger partial charge in [-0.1, -0.05) is 82.0 Å². The fraction of sp³-hybridized carbons (Fsp3) is 0.600. The zero-order valence-electron chi connectivity index (χ0n) is 15.3. The Balaban J connectivity index is 2.43. The molecule has 0 heterocycles. The molecule has 136 valence electrons. The highest BCUT2D eigenvalue weighted by Gasteiger charge is 2.23. The summed E-state index contributed by atoms with van der Waals surface area (Å²) in [7, 11) is -2.97. The molecule has 0 bridgehead atoms. The van der Waals surface area contributed by atoms with Crippen molar-refractivity contribution in [3.05, 3.63) is 42.0 Å². The molecular weight excluding hydrogens is 319 g/mol. The van der Waals surface area contributed by atoms with E-state index in [9.17, 15) is 4.57 Å². The van der Waals surface area contributed by atoms with Crippen LogP contribution in [-0.4, -0.2) is 19.4 Å². The van der Waals surface area contributed by atoms with E-state index in [1.54, 1.807) is 0 Å². The van der Waals surface area contributed by atoms with Crippen molar-refractivity contribution in [1.82, 2.24) is 0 Å². The smallest absolute Gasteiger partial charge is 0.309 e. The first-order chi connectivity index (χ1) is 11.7. The fourth-order valence-corrected chi connectivity index (χ4v) is 3.91. The Morgan fingerprint density at radius 3 is 2.04 bits per heavy atom. The summed E-state index contributed by atoms with van der Waals surface area (Å²) in [5.41, 5.74) is 1.15. The van der Waals surface area contributed by atoms with Crippen molar-refractivity contribution in [2.24, 2.45) is 0 Å². The van der Waals surface area contributed by atoms with Crippen molar-refractivity contribution in [2.75, 3.05) is 19.4 Å². The molecule has 0 fully saturated rings. The highest BCUT2D eigenvalue weighted by atomic mass is 31.2. The molecule has 0 atom stereocenters. The summed E-state index contributed by atoms with van der Waals surface area (Å²) in [4.78, 5) is 0. The second-order valence-corrected chi connectivity index (χ2v) is 8.20. The summed E-state index contributed by atoms with van der Waals surface area (Å²) < 4.78 is 24.2. The standard InChI is InChI=1S/C20H33O3P/c1-3-5-11-17-22-24(21,23-18-12-6-4-2)19-13-10-16-20-14-8-7-9-15-20/h7-10,14-16H,3-6,11-13,17-19H2,1-2H3. The molecule has 24 heavy (non-hydrogen) atoms. The number of hydrogen-bond acceptors (Lipinski definition) is 3. The van der Waals surface area contributed by atoms with Crippen molar-refractivity contribution in [3.8, 4) is 0 Å². The van der Waals surface area contributed by atoms with Crippen LogP contribution >= 0.6 is 7.60 Å². The normalized spacial score (nSPS) is 12.1. The lowest BCUT2D eigenvalue weighted by Gasteiger charge is -2.18. The van der Waals surface area contributed by atoms with Crippen molar-refractivity contribution >= 4 is 13.7 Å².